The zero-order chi connectivity index (χ0) is 10.7. The topological polar surface area (TPSA) is 47.3 Å². The third-order valence-electron chi connectivity index (χ3n) is 1.92. The molecular formula is C9H12Cl2N2O. The molecule has 78 valence electrons. The molecule has 1 atom stereocenters. The summed E-state index contributed by atoms with van der Waals surface area (Å²) in [6, 6.07) is 3.35. The molecule has 0 saturated heterocycles. The van der Waals surface area contributed by atoms with E-state index in [2.05, 4.69) is 5.32 Å². The summed E-state index contributed by atoms with van der Waals surface area (Å²) in [4.78, 5) is 0. The lowest BCUT2D eigenvalue weighted by atomic mass is 10.1. The first-order chi connectivity index (χ1) is 6.60. The van der Waals surface area contributed by atoms with Crippen LogP contribution in [0.25, 0.3) is 0 Å². The second kappa shape index (κ2) is 4.84. The van der Waals surface area contributed by atoms with Crippen molar-refractivity contribution in [1.82, 2.24) is 5.32 Å². The van der Waals surface area contributed by atoms with Gasteiger partial charge in [-0.25, -0.2) is 0 Å². The van der Waals surface area contributed by atoms with Gasteiger partial charge in [0.1, 0.15) is 5.75 Å². The number of rotatable bonds is 3. The highest BCUT2D eigenvalue weighted by Gasteiger charge is 2.12. The molecule has 3 nitrogen and oxygen atoms in total. The lowest BCUT2D eigenvalue weighted by Gasteiger charge is -2.14. The maximum atomic E-state index is 6.00. The monoisotopic (exact) mass is 234 g/mol. The van der Waals surface area contributed by atoms with E-state index in [0.29, 0.717) is 15.8 Å². The Bertz CT molecular complexity index is 331. The second-order valence-corrected chi connectivity index (χ2v) is 3.59. The average molecular weight is 235 g/mol. The van der Waals surface area contributed by atoms with Crippen LogP contribution in [-0.4, -0.2) is 14.2 Å². The number of nitrogens with one attached hydrogen (secondary N) is 1. The molecule has 1 unspecified atom stereocenters. The lowest BCUT2D eigenvalue weighted by molar-refractivity contribution is 0.414. The van der Waals surface area contributed by atoms with Crippen molar-refractivity contribution >= 4 is 23.2 Å². The zero-order valence-electron chi connectivity index (χ0n) is 7.97. The fraction of sp³-hybridized carbons (Fsp3) is 0.333. The normalized spacial score (nSPS) is 12.6. The molecule has 0 saturated carbocycles. The maximum absolute atomic E-state index is 6.00. The molecule has 0 fully saturated rings. The fourth-order valence-electron chi connectivity index (χ4n) is 1.09. The smallest absolute Gasteiger partial charge is 0.138 e. The van der Waals surface area contributed by atoms with Crippen LogP contribution in [0.15, 0.2) is 12.1 Å². The first-order valence-corrected chi connectivity index (χ1v) is 4.81. The fourth-order valence-corrected chi connectivity index (χ4v) is 1.61. The van der Waals surface area contributed by atoms with E-state index < -0.39 is 0 Å². The Labute approximate surface area is 93.1 Å². The molecule has 5 heteroatoms. The quantitative estimate of drug-likeness (QED) is 0.789. The van der Waals surface area contributed by atoms with E-state index in [1.807, 2.05) is 0 Å². The molecule has 0 aliphatic carbocycles. The molecule has 0 aliphatic rings. The molecular weight excluding hydrogens is 223 g/mol. The highest BCUT2D eigenvalue weighted by Crippen LogP contribution is 2.32. The number of benzene rings is 1. The summed E-state index contributed by atoms with van der Waals surface area (Å²) in [5, 5.41) is 3.91. The third kappa shape index (κ3) is 2.30. The van der Waals surface area contributed by atoms with Crippen molar-refractivity contribution < 1.29 is 4.74 Å². The van der Waals surface area contributed by atoms with Gasteiger partial charge >= 0.3 is 0 Å². The third-order valence-corrected chi connectivity index (χ3v) is 2.54. The van der Waals surface area contributed by atoms with Gasteiger partial charge < -0.3 is 15.8 Å². The highest BCUT2D eigenvalue weighted by molar-refractivity contribution is 6.34. The molecule has 0 radical (unpaired) electrons. The summed E-state index contributed by atoms with van der Waals surface area (Å²) in [6.45, 7) is 0. The van der Waals surface area contributed by atoms with E-state index in [1.54, 1.807) is 19.2 Å². The average Bonchev–Trinajstić information content (AvgIpc) is 2.19. The molecule has 1 aromatic carbocycles. The molecule has 0 bridgehead atoms. The van der Waals surface area contributed by atoms with Gasteiger partial charge in [0.25, 0.3) is 0 Å². The summed E-state index contributed by atoms with van der Waals surface area (Å²) < 4.78 is 5.02. The van der Waals surface area contributed by atoms with Crippen molar-refractivity contribution in [1.29, 1.82) is 0 Å². The van der Waals surface area contributed by atoms with E-state index in [9.17, 15) is 0 Å². The number of ether oxygens (including phenoxy) is 1. The van der Waals surface area contributed by atoms with Crippen molar-refractivity contribution in [3.8, 4) is 5.75 Å². The summed E-state index contributed by atoms with van der Waals surface area (Å²) >= 11 is 11.9. The predicted molar refractivity (Wildman–Crippen MR) is 59.0 cm³/mol. The van der Waals surface area contributed by atoms with Gasteiger partial charge in [0, 0.05) is 11.6 Å². The van der Waals surface area contributed by atoms with Gasteiger partial charge in [0.15, 0.2) is 0 Å². The van der Waals surface area contributed by atoms with Gasteiger partial charge in [-0.3, -0.25) is 0 Å². The first-order valence-electron chi connectivity index (χ1n) is 4.06. The summed E-state index contributed by atoms with van der Waals surface area (Å²) in [5.41, 5.74) is 6.51. The molecule has 0 heterocycles. The molecule has 0 amide bonds. The van der Waals surface area contributed by atoms with Crippen molar-refractivity contribution in [2.24, 2.45) is 5.73 Å². The van der Waals surface area contributed by atoms with Crippen molar-refractivity contribution in [3.05, 3.63) is 27.7 Å². The molecule has 3 N–H and O–H groups in total. The Hall–Kier alpha value is -0.480. The first kappa shape index (κ1) is 11.6. The Kier molecular flexibility index (Phi) is 4.01. The van der Waals surface area contributed by atoms with Gasteiger partial charge in [-0.2, -0.15) is 0 Å². The van der Waals surface area contributed by atoms with E-state index in [-0.39, 0.29) is 6.17 Å². The summed E-state index contributed by atoms with van der Waals surface area (Å²) in [5.74, 6) is 0.545. The zero-order valence-corrected chi connectivity index (χ0v) is 9.49. The minimum Gasteiger partial charge on any atom is -0.495 e. The standard InChI is InChI=1S/C9H12Cl2N2O/c1-13-9(12)5-3-7(11)8(14-2)4-6(5)10/h3-4,9,13H,12H2,1-2H3. The van der Waals surface area contributed by atoms with Crippen molar-refractivity contribution in [2.75, 3.05) is 14.2 Å². The van der Waals surface area contributed by atoms with E-state index in [1.165, 1.54) is 7.11 Å². The molecule has 0 spiro atoms. The van der Waals surface area contributed by atoms with Gasteiger partial charge in [-0.1, -0.05) is 23.2 Å². The van der Waals surface area contributed by atoms with Gasteiger partial charge in [0.2, 0.25) is 0 Å². The number of hydrogen-bond acceptors (Lipinski definition) is 3. The Morgan fingerprint density at radius 3 is 2.50 bits per heavy atom. The second-order valence-electron chi connectivity index (χ2n) is 2.77. The van der Waals surface area contributed by atoms with Crippen molar-refractivity contribution in [3.63, 3.8) is 0 Å². The highest BCUT2D eigenvalue weighted by atomic mass is 35.5. The van der Waals surface area contributed by atoms with Crippen LogP contribution >= 0.6 is 23.2 Å². The minimum absolute atomic E-state index is 0.328. The van der Waals surface area contributed by atoms with E-state index >= 15 is 0 Å². The molecule has 0 aliphatic heterocycles. The van der Waals surface area contributed by atoms with Gasteiger partial charge in [0.05, 0.1) is 23.3 Å². The SMILES string of the molecule is CNC(N)c1cc(Cl)c(OC)cc1Cl. The predicted octanol–water partition coefficient (Wildman–Crippen LogP) is 2.18. The van der Waals surface area contributed by atoms with Crippen LogP contribution in [0.1, 0.15) is 11.7 Å². The minimum atomic E-state index is -0.328. The molecule has 1 rings (SSSR count). The van der Waals surface area contributed by atoms with Gasteiger partial charge in [-0.05, 0) is 13.1 Å². The number of halogens is 2. The molecule has 0 aromatic heterocycles. The number of nitrogens with two attached hydrogens (primary N) is 1. The van der Waals surface area contributed by atoms with Crippen LogP contribution in [0.4, 0.5) is 0 Å². The maximum Gasteiger partial charge on any atom is 0.138 e. The number of methoxy groups -OCH3 is 1. The van der Waals surface area contributed by atoms with Crippen LogP contribution in [0.3, 0.4) is 0 Å². The summed E-state index contributed by atoms with van der Waals surface area (Å²) in [6.07, 6.45) is -0.328. The number of hydrogen-bond donors (Lipinski definition) is 2. The van der Waals surface area contributed by atoms with Crippen molar-refractivity contribution in [2.45, 2.75) is 6.17 Å². The molecule has 14 heavy (non-hydrogen) atoms. The van der Waals surface area contributed by atoms with Crippen LogP contribution in [0, 0.1) is 0 Å². The van der Waals surface area contributed by atoms with Gasteiger partial charge in [-0.15, -0.1) is 0 Å². The Balaban J connectivity index is 3.14. The largest absolute Gasteiger partial charge is 0.495 e. The lowest BCUT2D eigenvalue weighted by Crippen LogP contribution is -2.25. The Morgan fingerprint density at radius 2 is 2.00 bits per heavy atom. The van der Waals surface area contributed by atoms with Crippen LogP contribution < -0.4 is 15.8 Å². The van der Waals surface area contributed by atoms with Crippen LogP contribution in [0.5, 0.6) is 5.75 Å². The molecule has 1 aromatic rings. The summed E-state index contributed by atoms with van der Waals surface area (Å²) in [7, 11) is 3.29. The Morgan fingerprint density at radius 1 is 1.36 bits per heavy atom. The van der Waals surface area contributed by atoms with E-state index in [4.69, 9.17) is 33.7 Å². The van der Waals surface area contributed by atoms with Crippen LogP contribution in [0.2, 0.25) is 10.0 Å². The van der Waals surface area contributed by atoms with E-state index in [0.717, 1.165) is 5.56 Å². The van der Waals surface area contributed by atoms with Crippen LogP contribution in [-0.2, 0) is 0 Å².